The van der Waals surface area contributed by atoms with Gasteiger partial charge in [0.05, 0.1) is 16.3 Å². The molecule has 0 radical (unpaired) electrons. The van der Waals surface area contributed by atoms with E-state index in [0.29, 0.717) is 12.5 Å². The first-order valence-electron chi connectivity index (χ1n) is 7.08. The van der Waals surface area contributed by atoms with Crippen LogP contribution in [0, 0.1) is 24.7 Å². The van der Waals surface area contributed by atoms with Gasteiger partial charge in [-0.2, -0.15) is 0 Å². The van der Waals surface area contributed by atoms with Crippen molar-refractivity contribution < 1.29 is 4.79 Å². The number of hydrogen-bond donors (Lipinski definition) is 2. The Morgan fingerprint density at radius 3 is 2.80 bits per heavy atom. The highest BCUT2D eigenvalue weighted by molar-refractivity contribution is 7.14. The van der Waals surface area contributed by atoms with Crippen LogP contribution in [-0.4, -0.2) is 18.5 Å². The summed E-state index contributed by atoms with van der Waals surface area (Å²) in [6.07, 6.45) is 2.14. The Morgan fingerprint density at radius 2 is 2.20 bits per heavy atom. The van der Waals surface area contributed by atoms with E-state index in [4.69, 9.17) is 5.73 Å². The SMILES string of the molecule is CCC(C)CC(C)NC(=O)c1cc(C)c(C#CCN)s1. The minimum Gasteiger partial charge on any atom is -0.349 e. The number of carbonyl (C=O) groups excluding carboxylic acids is 1. The fourth-order valence-electron chi connectivity index (χ4n) is 1.97. The molecule has 0 saturated carbocycles. The molecule has 0 aliphatic carbocycles. The second-order valence-electron chi connectivity index (χ2n) is 5.25. The summed E-state index contributed by atoms with van der Waals surface area (Å²) >= 11 is 1.43. The van der Waals surface area contributed by atoms with Gasteiger partial charge in [-0.1, -0.05) is 32.1 Å². The van der Waals surface area contributed by atoms with Gasteiger partial charge in [0.2, 0.25) is 0 Å². The van der Waals surface area contributed by atoms with Crippen LogP contribution in [0.4, 0.5) is 0 Å². The van der Waals surface area contributed by atoms with Gasteiger partial charge in [0.1, 0.15) is 0 Å². The normalized spacial score (nSPS) is 13.2. The molecule has 0 aliphatic heterocycles. The molecule has 3 nitrogen and oxygen atoms in total. The largest absolute Gasteiger partial charge is 0.349 e. The molecule has 110 valence electrons. The summed E-state index contributed by atoms with van der Waals surface area (Å²) in [7, 11) is 0. The van der Waals surface area contributed by atoms with Crippen molar-refractivity contribution in [2.45, 2.75) is 46.6 Å². The minimum absolute atomic E-state index is 0.00491. The number of amides is 1. The number of nitrogens with two attached hydrogens (primary N) is 1. The summed E-state index contributed by atoms with van der Waals surface area (Å²) in [6.45, 7) is 8.74. The van der Waals surface area contributed by atoms with E-state index in [1.807, 2.05) is 13.0 Å². The second-order valence-corrected chi connectivity index (χ2v) is 6.30. The first kappa shape index (κ1) is 16.7. The highest BCUT2D eigenvalue weighted by Gasteiger charge is 2.15. The highest BCUT2D eigenvalue weighted by atomic mass is 32.1. The van der Waals surface area contributed by atoms with Crippen LogP contribution >= 0.6 is 11.3 Å². The smallest absolute Gasteiger partial charge is 0.261 e. The first-order chi connectivity index (χ1) is 9.47. The molecule has 2 unspecified atom stereocenters. The van der Waals surface area contributed by atoms with Crippen molar-refractivity contribution in [1.82, 2.24) is 5.32 Å². The molecule has 0 aliphatic rings. The average Bonchev–Trinajstić information content (AvgIpc) is 2.77. The lowest BCUT2D eigenvalue weighted by Gasteiger charge is -2.16. The maximum Gasteiger partial charge on any atom is 0.261 e. The lowest BCUT2D eigenvalue weighted by molar-refractivity contribution is 0.0939. The summed E-state index contributed by atoms with van der Waals surface area (Å²) in [5.41, 5.74) is 6.41. The van der Waals surface area contributed by atoms with Crippen LogP contribution in [-0.2, 0) is 0 Å². The summed E-state index contributed by atoms with van der Waals surface area (Å²) in [5, 5.41) is 3.06. The molecule has 1 aromatic heterocycles. The van der Waals surface area contributed by atoms with Crippen LogP contribution in [0.1, 0.15) is 53.7 Å². The van der Waals surface area contributed by atoms with Crippen LogP contribution in [0.15, 0.2) is 6.07 Å². The van der Waals surface area contributed by atoms with Crippen LogP contribution in [0.5, 0.6) is 0 Å². The molecule has 1 heterocycles. The fraction of sp³-hybridized carbons (Fsp3) is 0.562. The first-order valence-corrected chi connectivity index (χ1v) is 7.89. The third kappa shape index (κ3) is 4.99. The molecule has 0 aromatic carbocycles. The van der Waals surface area contributed by atoms with E-state index in [1.165, 1.54) is 11.3 Å². The van der Waals surface area contributed by atoms with Crippen molar-refractivity contribution in [1.29, 1.82) is 0 Å². The van der Waals surface area contributed by atoms with E-state index in [2.05, 4.69) is 37.9 Å². The maximum absolute atomic E-state index is 12.2. The van der Waals surface area contributed by atoms with Crippen molar-refractivity contribution in [3.63, 3.8) is 0 Å². The van der Waals surface area contributed by atoms with Gasteiger partial charge < -0.3 is 11.1 Å². The quantitative estimate of drug-likeness (QED) is 0.820. The monoisotopic (exact) mass is 292 g/mol. The molecule has 2 atom stereocenters. The van der Waals surface area contributed by atoms with Gasteiger partial charge in [-0.15, -0.1) is 11.3 Å². The minimum atomic E-state index is -0.00491. The zero-order chi connectivity index (χ0) is 15.1. The Kier molecular flexibility index (Phi) is 6.77. The Bertz CT molecular complexity index is 510. The zero-order valence-electron chi connectivity index (χ0n) is 12.7. The van der Waals surface area contributed by atoms with E-state index < -0.39 is 0 Å². The Labute approximate surface area is 126 Å². The van der Waals surface area contributed by atoms with E-state index in [9.17, 15) is 4.79 Å². The Morgan fingerprint density at radius 1 is 1.50 bits per heavy atom. The zero-order valence-corrected chi connectivity index (χ0v) is 13.6. The van der Waals surface area contributed by atoms with Gasteiger partial charge in [-0.3, -0.25) is 4.79 Å². The molecule has 1 amide bonds. The molecule has 3 N–H and O–H groups in total. The third-order valence-electron chi connectivity index (χ3n) is 3.28. The molecule has 1 aromatic rings. The molecular formula is C16H24N2OS. The van der Waals surface area contributed by atoms with Crippen molar-refractivity contribution in [2.75, 3.05) is 6.54 Å². The molecule has 0 fully saturated rings. The number of thiophene rings is 1. The molecule has 0 bridgehead atoms. The van der Waals surface area contributed by atoms with Gasteiger partial charge in [-0.25, -0.2) is 0 Å². The molecule has 0 saturated heterocycles. The van der Waals surface area contributed by atoms with Crippen LogP contribution in [0.3, 0.4) is 0 Å². The van der Waals surface area contributed by atoms with E-state index in [1.54, 1.807) is 0 Å². The van der Waals surface area contributed by atoms with Gasteiger partial charge in [0.15, 0.2) is 0 Å². The lowest BCUT2D eigenvalue weighted by Crippen LogP contribution is -2.33. The van der Waals surface area contributed by atoms with Crippen molar-refractivity contribution in [2.24, 2.45) is 11.7 Å². The third-order valence-corrected chi connectivity index (χ3v) is 4.43. The predicted octanol–water partition coefficient (Wildman–Crippen LogP) is 2.92. The van der Waals surface area contributed by atoms with Crippen LogP contribution in [0.25, 0.3) is 0 Å². The number of nitrogens with one attached hydrogen (secondary N) is 1. The molecule has 4 heteroatoms. The molecule has 20 heavy (non-hydrogen) atoms. The second kappa shape index (κ2) is 8.08. The highest BCUT2D eigenvalue weighted by Crippen LogP contribution is 2.21. The van der Waals surface area contributed by atoms with E-state index in [-0.39, 0.29) is 11.9 Å². The Balaban J connectivity index is 2.68. The van der Waals surface area contributed by atoms with Crippen molar-refractivity contribution in [3.8, 4) is 11.8 Å². The van der Waals surface area contributed by atoms with Gasteiger partial charge in [0, 0.05) is 6.04 Å². The molecule has 0 spiro atoms. The number of carbonyl (C=O) groups is 1. The fourth-order valence-corrected chi connectivity index (χ4v) is 2.92. The summed E-state index contributed by atoms with van der Waals surface area (Å²) in [4.78, 5) is 13.8. The average molecular weight is 292 g/mol. The maximum atomic E-state index is 12.2. The number of hydrogen-bond acceptors (Lipinski definition) is 3. The molecular weight excluding hydrogens is 268 g/mol. The van der Waals surface area contributed by atoms with Crippen LogP contribution in [0.2, 0.25) is 0 Å². The lowest BCUT2D eigenvalue weighted by atomic mass is 10.0. The van der Waals surface area contributed by atoms with Gasteiger partial charge in [-0.05, 0) is 37.8 Å². The molecule has 1 rings (SSSR count). The van der Waals surface area contributed by atoms with E-state index in [0.717, 1.165) is 28.2 Å². The summed E-state index contributed by atoms with van der Waals surface area (Å²) in [6, 6.07) is 2.09. The van der Waals surface area contributed by atoms with Crippen molar-refractivity contribution >= 4 is 17.2 Å². The summed E-state index contributed by atoms with van der Waals surface area (Å²) < 4.78 is 0. The van der Waals surface area contributed by atoms with Gasteiger partial charge in [0.25, 0.3) is 5.91 Å². The van der Waals surface area contributed by atoms with Gasteiger partial charge >= 0.3 is 0 Å². The topological polar surface area (TPSA) is 55.1 Å². The number of rotatable bonds is 5. The van der Waals surface area contributed by atoms with Crippen LogP contribution < -0.4 is 11.1 Å². The Hall–Kier alpha value is -1.31. The van der Waals surface area contributed by atoms with Crippen molar-refractivity contribution in [3.05, 3.63) is 21.4 Å². The predicted molar refractivity (Wildman–Crippen MR) is 86.0 cm³/mol. The number of aryl methyl sites for hydroxylation is 1. The standard InChI is InChI=1S/C16H24N2OS/c1-5-11(2)9-13(4)18-16(19)15-10-12(3)14(20-15)7-6-8-17/h10-11,13H,5,8-9,17H2,1-4H3,(H,18,19). The summed E-state index contributed by atoms with van der Waals surface area (Å²) in [5.74, 6) is 6.46. The van der Waals surface area contributed by atoms with E-state index >= 15 is 0 Å².